The lowest BCUT2D eigenvalue weighted by molar-refractivity contribution is 0.188. The molecule has 0 unspecified atom stereocenters. The van der Waals surface area contributed by atoms with Crippen molar-refractivity contribution in [2.45, 2.75) is 18.8 Å². The number of rotatable bonds is 2. The highest BCUT2D eigenvalue weighted by Crippen LogP contribution is 2.36. The second kappa shape index (κ2) is 5.87. The molecule has 2 aromatic rings. The number of hydrogen-bond donors (Lipinski definition) is 0. The van der Waals surface area contributed by atoms with E-state index in [1.54, 1.807) is 5.01 Å². The summed E-state index contributed by atoms with van der Waals surface area (Å²) >= 11 is 5.96. The third kappa shape index (κ3) is 2.69. The molecule has 0 aliphatic carbocycles. The molecule has 0 bridgehead atoms. The van der Waals surface area contributed by atoms with Gasteiger partial charge < -0.3 is 0 Å². The predicted molar refractivity (Wildman–Crippen MR) is 91.1 cm³/mol. The van der Waals surface area contributed by atoms with Crippen LogP contribution in [0.15, 0.2) is 48.5 Å². The van der Waals surface area contributed by atoms with Gasteiger partial charge >= 0.3 is 6.03 Å². The van der Waals surface area contributed by atoms with E-state index in [9.17, 15) is 4.79 Å². The summed E-state index contributed by atoms with van der Waals surface area (Å²) in [5.41, 5.74) is 2.98. The van der Waals surface area contributed by atoms with Crippen LogP contribution in [-0.2, 0) is 0 Å². The number of carbonyl (C=O) groups excluding carboxylic acids is 1. The maximum atomic E-state index is 12.2. The van der Waals surface area contributed by atoms with Crippen LogP contribution in [0.2, 0.25) is 5.02 Å². The molecule has 23 heavy (non-hydrogen) atoms. The Labute approximate surface area is 140 Å². The molecule has 5 heteroatoms. The largest absolute Gasteiger partial charge is 0.363 e. The minimum absolute atomic E-state index is 0.184. The molecule has 4 rings (SSSR count). The van der Waals surface area contributed by atoms with Gasteiger partial charge in [-0.3, -0.25) is 0 Å². The molecule has 1 saturated heterocycles. The van der Waals surface area contributed by atoms with Crippen molar-refractivity contribution in [1.82, 2.24) is 10.3 Å². The summed E-state index contributed by atoms with van der Waals surface area (Å²) < 4.78 is 0. The fraction of sp³-hybridized carbons (Fsp3) is 0.278. The molecule has 2 aliphatic heterocycles. The molecule has 2 heterocycles. The molecule has 2 aromatic carbocycles. The van der Waals surface area contributed by atoms with Crippen LogP contribution in [0.3, 0.4) is 0 Å². The Kier molecular flexibility index (Phi) is 3.71. The van der Waals surface area contributed by atoms with Crippen LogP contribution >= 0.6 is 11.6 Å². The van der Waals surface area contributed by atoms with Gasteiger partial charge in [-0.15, -0.1) is 0 Å². The van der Waals surface area contributed by atoms with Gasteiger partial charge in [0.1, 0.15) is 0 Å². The number of piperidine rings is 1. The quantitative estimate of drug-likeness (QED) is 0.824. The SMILES string of the molecule is O=C1[N]c2ccccc2N1N1CCC(c2ccc(Cl)cc2)CC1. The van der Waals surface area contributed by atoms with Crippen LogP contribution < -0.4 is 10.3 Å². The molecule has 2 aliphatic rings. The summed E-state index contributed by atoms with van der Waals surface area (Å²) in [5.74, 6) is 0.522. The van der Waals surface area contributed by atoms with E-state index in [-0.39, 0.29) is 6.03 Å². The lowest BCUT2D eigenvalue weighted by Gasteiger charge is -2.37. The predicted octanol–water partition coefficient (Wildman–Crippen LogP) is 4.31. The molecule has 0 saturated carbocycles. The Morgan fingerprint density at radius 1 is 1.00 bits per heavy atom. The minimum Gasteiger partial charge on any atom is -0.244 e. The Morgan fingerprint density at radius 2 is 1.70 bits per heavy atom. The second-order valence-corrected chi connectivity index (χ2v) is 6.41. The number of carbonyl (C=O) groups is 1. The highest BCUT2D eigenvalue weighted by molar-refractivity contribution is 6.30. The average molecular weight is 327 g/mol. The number of anilines is 1. The van der Waals surface area contributed by atoms with Crippen molar-refractivity contribution < 1.29 is 4.79 Å². The number of hydrazine groups is 1. The van der Waals surface area contributed by atoms with Crippen molar-refractivity contribution in [3.63, 3.8) is 0 Å². The van der Waals surface area contributed by atoms with Gasteiger partial charge in [-0.25, -0.2) is 14.8 Å². The third-order valence-corrected chi connectivity index (χ3v) is 4.85. The monoisotopic (exact) mass is 326 g/mol. The fourth-order valence-corrected chi connectivity index (χ4v) is 3.52. The molecule has 2 amide bonds. The molecule has 0 atom stereocenters. The molecule has 0 spiro atoms. The lowest BCUT2D eigenvalue weighted by atomic mass is 9.90. The number of nitrogens with zero attached hydrogens (tertiary/aromatic N) is 3. The normalized spacial score (nSPS) is 18.8. The first-order valence-electron chi connectivity index (χ1n) is 7.87. The van der Waals surface area contributed by atoms with Crippen molar-refractivity contribution in [2.75, 3.05) is 18.1 Å². The summed E-state index contributed by atoms with van der Waals surface area (Å²) in [4.78, 5) is 12.2. The maximum Gasteiger partial charge on any atom is 0.363 e. The first-order chi connectivity index (χ1) is 11.2. The molecule has 0 aromatic heterocycles. The zero-order valence-electron chi connectivity index (χ0n) is 12.7. The highest BCUT2D eigenvalue weighted by Gasteiger charge is 2.35. The van der Waals surface area contributed by atoms with Crippen LogP contribution in [0.25, 0.3) is 0 Å². The van der Waals surface area contributed by atoms with Crippen LogP contribution in [-0.4, -0.2) is 24.1 Å². The van der Waals surface area contributed by atoms with Crippen molar-refractivity contribution in [1.29, 1.82) is 0 Å². The highest BCUT2D eigenvalue weighted by atomic mass is 35.5. The molecular formula is C18H17ClN3O. The Morgan fingerprint density at radius 3 is 2.43 bits per heavy atom. The minimum atomic E-state index is -0.184. The van der Waals surface area contributed by atoms with Crippen LogP contribution in [0.1, 0.15) is 24.3 Å². The molecule has 0 N–H and O–H groups in total. The molecule has 1 radical (unpaired) electrons. The lowest BCUT2D eigenvalue weighted by Crippen LogP contribution is -2.49. The standard InChI is InChI=1S/C18H17ClN3O/c19-15-7-5-13(6-8-15)14-9-11-21(12-10-14)22-17-4-2-1-3-16(17)20-18(22)23/h1-8,14H,9-12H2. The number of amides is 2. The van der Waals surface area contributed by atoms with Crippen molar-refractivity contribution in [2.24, 2.45) is 0 Å². The van der Waals surface area contributed by atoms with E-state index in [1.165, 1.54) is 5.56 Å². The molecule has 117 valence electrons. The zero-order chi connectivity index (χ0) is 15.8. The summed E-state index contributed by atoms with van der Waals surface area (Å²) in [5, 5.41) is 8.74. The van der Waals surface area contributed by atoms with E-state index in [0.717, 1.165) is 42.3 Å². The van der Waals surface area contributed by atoms with Gasteiger partial charge in [0, 0.05) is 18.1 Å². The van der Waals surface area contributed by atoms with Crippen LogP contribution in [0.5, 0.6) is 0 Å². The zero-order valence-corrected chi connectivity index (χ0v) is 13.4. The summed E-state index contributed by atoms with van der Waals surface area (Å²) in [7, 11) is 0. The third-order valence-electron chi connectivity index (χ3n) is 4.60. The van der Waals surface area contributed by atoms with E-state index >= 15 is 0 Å². The smallest absolute Gasteiger partial charge is 0.244 e. The molecule has 4 nitrogen and oxygen atoms in total. The van der Waals surface area contributed by atoms with Gasteiger partial charge in [-0.05, 0) is 48.6 Å². The number of fused-ring (bicyclic) bond motifs is 1. The fourth-order valence-electron chi connectivity index (χ4n) is 3.40. The van der Waals surface area contributed by atoms with E-state index in [4.69, 9.17) is 11.6 Å². The Balaban J connectivity index is 1.48. The van der Waals surface area contributed by atoms with E-state index in [0.29, 0.717) is 5.92 Å². The Hall–Kier alpha value is -2.04. The van der Waals surface area contributed by atoms with Gasteiger partial charge in [0.05, 0.1) is 11.4 Å². The number of hydrogen-bond acceptors (Lipinski definition) is 2. The van der Waals surface area contributed by atoms with Crippen LogP contribution in [0.4, 0.5) is 16.2 Å². The van der Waals surface area contributed by atoms with Gasteiger partial charge in [-0.1, -0.05) is 35.9 Å². The first kappa shape index (κ1) is 14.5. The van der Waals surface area contributed by atoms with Crippen molar-refractivity contribution >= 4 is 29.0 Å². The molecular weight excluding hydrogens is 310 g/mol. The molecule has 1 fully saturated rings. The topological polar surface area (TPSA) is 37.7 Å². The summed E-state index contributed by atoms with van der Waals surface area (Å²) in [6, 6.07) is 15.6. The number of benzene rings is 2. The van der Waals surface area contributed by atoms with E-state index < -0.39 is 0 Å². The Bertz CT molecular complexity index is 723. The van der Waals surface area contributed by atoms with Gasteiger partial charge in [-0.2, -0.15) is 5.32 Å². The van der Waals surface area contributed by atoms with Crippen molar-refractivity contribution in [3.8, 4) is 0 Å². The van der Waals surface area contributed by atoms with E-state index in [1.807, 2.05) is 36.4 Å². The summed E-state index contributed by atoms with van der Waals surface area (Å²) in [6.45, 7) is 1.70. The van der Waals surface area contributed by atoms with Gasteiger partial charge in [0.25, 0.3) is 0 Å². The number of halogens is 1. The van der Waals surface area contributed by atoms with Crippen molar-refractivity contribution in [3.05, 3.63) is 59.1 Å². The van der Waals surface area contributed by atoms with Gasteiger partial charge in [0.2, 0.25) is 0 Å². The first-order valence-corrected chi connectivity index (χ1v) is 8.25. The summed E-state index contributed by atoms with van der Waals surface area (Å²) in [6.07, 6.45) is 2.04. The van der Waals surface area contributed by atoms with Crippen LogP contribution in [0, 0.1) is 0 Å². The maximum absolute atomic E-state index is 12.2. The second-order valence-electron chi connectivity index (χ2n) is 5.97. The number of urea groups is 1. The number of para-hydroxylation sites is 2. The van der Waals surface area contributed by atoms with Gasteiger partial charge in [0.15, 0.2) is 0 Å². The average Bonchev–Trinajstić information content (AvgIpc) is 2.91. The van der Waals surface area contributed by atoms with E-state index in [2.05, 4.69) is 22.5 Å².